The van der Waals surface area contributed by atoms with Crippen LogP contribution in [0.25, 0.3) is 6.08 Å². The lowest BCUT2D eigenvalue weighted by molar-refractivity contribution is -0.127. The number of amides is 3. The van der Waals surface area contributed by atoms with Crippen LogP contribution in [0.4, 0.5) is 14.9 Å². The van der Waals surface area contributed by atoms with Gasteiger partial charge in [0.05, 0.1) is 21.5 Å². The molecule has 1 saturated heterocycles. The third-order valence-corrected chi connectivity index (χ3v) is 6.15. The molecule has 1 heterocycles. The Hall–Kier alpha value is -1.88. The van der Waals surface area contributed by atoms with Crippen LogP contribution in [0.5, 0.6) is 5.75 Å². The SMILES string of the molecule is COc1c(Br)cc(Br)cc1/C=C1/SC(=O)N(CC(=O)Nc2ccc(F)c(Cl)c2)C1=O. The summed E-state index contributed by atoms with van der Waals surface area (Å²) in [5.41, 5.74) is 0.826. The highest BCUT2D eigenvalue weighted by atomic mass is 79.9. The number of carbonyl (C=O) groups is 3. The van der Waals surface area contributed by atoms with Gasteiger partial charge in [-0.15, -0.1) is 0 Å². The van der Waals surface area contributed by atoms with Crippen LogP contribution in [0.15, 0.2) is 44.2 Å². The van der Waals surface area contributed by atoms with Crippen LogP contribution in [0.2, 0.25) is 5.02 Å². The van der Waals surface area contributed by atoms with Crippen molar-refractivity contribution in [1.29, 1.82) is 0 Å². The summed E-state index contributed by atoms with van der Waals surface area (Å²) in [5.74, 6) is -1.35. The summed E-state index contributed by atoms with van der Waals surface area (Å²) < 4.78 is 20.0. The monoisotopic (exact) mass is 576 g/mol. The van der Waals surface area contributed by atoms with Crippen molar-refractivity contribution in [2.75, 3.05) is 19.0 Å². The molecule has 0 saturated carbocycles. The van der Waals surface area contributed by atoms with Crippen molar-refractivity contribution >= 4 is 84.0 Å². The van der Waals surface area contributed by atoms with Gasteiger partial charge in [0.25, 0.3) is 11.1 Å². The molecule has 6 nitrogen and oxygen atoms in total. The van der Waals surface area contributed by atoms with Crippen LogP contribution in [-0.4, -0.2) is 35.6 Å². The van der Waals surface area contributed by atoms with Crippen molar-refractivity contribution in [2.24, 2.45) is 0 Å². The largest absolute Gasteiger partial charge is 0.495 e. The summed E-state index contributed by atoms with van der Waals surface area (Å²) in [7, 11) is 1.49. The molecular formula is C19H12Br2ClFN2O4S. The molecule has 156 valence electrons. The van der Waals surface area contributed by atoms with Gasteiger partial charge in [-0.05, 0) is 64.1 Å². The van der Waals surface area contributed by atoms with Crippen LogP contribution in [0, 0.1) is 5.82 Å². The molecule has 0 aliphatic carbocycles. The third-order valence-electron chi connectivity index (χ3n) is 3.91. The molecule has 11 heteroatoms. The Balaban J connectivity index is 1.77. The summed E-state index contributed by atoms with van der Waals surface area (Å²) in [5, 5.41) is 1.74. The van der Waals surface area contributed by atoms with Gasteiger partial charge in [-0.3, -0.25) is 19.3 Å². The van der Waals surface area contributed by atoms with E-state index in [0.717, 1.165) is 27.2 Å². The van der Waals surface area contributed by atoms with E-state index in [-0.39, 0.29) is 15.6 Å². The lowest BCUT2D eigenvalue weighted by Gasteiger charge is -2.13. The van der Waals surface area contributed by atoms with Gasteiger partial charge in [0.2, 0.25) is 5.91 Å². The van der Waals surface area contributed by atoms with E-state index in [9.17, 15) is 18.8 Å². The lowest BCUT2D eigenvalue weighted by atomic mass is 10.2. The molecule has 1 N–H and O–H groups in total. The number of rotatable bonds is 5. The minimum absolute atomic E-state index is 0.154. The van der Waals surface area contributed by atoms with E-state index in [0.29, 0.717) is 15.8 Å². The van der Waals surface area contributed by atoms with E-state index < -0.39 is 29.4 Å². The maximum atomic E-state index is 13.2. The average Bonchev–Trinajstić information content (AvgIpc) is 2.92. The van der Waals surface area contributed by atoms with Crippen LogP contribution in [-0.2, 0) is 9.59 Å². The standard InChI is InChI=1S/C19H12Br2ClFN2O4S/c1-29-17-9(4-10(20)6-12(17)21)5-15-18(27)25(19(28)30-15)8-16(26)24-11-2-3-14(23)13(22)7-11/h2-7H,8H2,1H3,(H,24,26)/b15-5+. The fourth-order valence-electron chi connectivity index (χ4n) is 2.60. The van der Waals surface area contributed by atoms with Gasteiger partial charge in [-0.2, -0.15) is 0 Å². The van der Waals surface area contributed by atoms with Gasteiger partial charge < -0.3 is 10.1 Å². The number of carbonyl (C=O) groups excluding carboxylic acids is 3. The van der Waals surface area contributed by atoms with E-state index >= 15 is 0 Å². The summed E-state index contributed by atoms with van der Waals surface area (Å²) in [6.07, 6.45) is 1.52. The zero-order valence-electron chi connectivity index (χ0n) is 15.2. The van der Waals surface area contributed by atoms with Gasteiger partial charge in [0.15, 0.2) is 0 Å². The van der Waals surface area contributed by atoms with Crippen LogP contribution < -0.4 is 10.1 Å². The molecule has 30 heavy (non-hydrogen) atoms. The molecule has 1 aliphatic heterocycles. The Morgan fingerprint density at radius 2 is 2.03 bits per heavy atom. The second-order valence-corrected chi connectivity index (χ2v) is 9.13. The first kappa shape index (κ1) is 22.8. The number of ether oxygens (including phenoxy) is 1. The summed E-state index contributed by atoms with van der Waals surface area (Å²) in [6.45, 7) is -0.490. The summed E-state index contributed by atoms with van der Waals surface area (Å²) in [6, 6.07) is 7.19. The Bertz CT molecular complexity index is 1100. The number of anilines is 1. The zero-order chi connectivity index (χ0) is 22.0. The van der Waals surface area contributed by atoms with Gasteiger partial charge in [0, 0.05) is 15.7 Å². The average molecular weight is 579 g/mol. The molecule has 1 aliphatic rings. The van der Waals surface area contributed by atoms with Crippen molar-refractivity contribution < 1.29 is 23.5 Å². The lowest BCUT2D eigenvalue weighted by Crippen LogP contribution is -2.36. The number of hydrogen-bond acceptors (Lipinski definition) is 5. The van der Waals surface area contributed by atoms with Crippen molar-refractivity contribution in [2.45, 2.75) is 0 Å². The molecule has 0 spiro atoms. The first-order chi connectivity index (χ1) is 14.2. The third kappa shape index (κ3) is 5.05. The topological polar surface area (TPSA) is 75.7 Å². The molecule has 3 rings (SSSR count). The normalized spacial score (nSPS) is 15.1. The Morgan fingerprint density at radius 1 is 1.30 bits per heavy atom. The van der Waals surface area contributed by atoms with E-state index in [1.165, 1.54) is 25.3 Å². The first-order valence-corrected chi connectivity index (χ1v) is 11.0. The van der Waals surface area contributed by atoms with E-state index in [1.807, 2.05) is 0 Å². The molecule has 3 amide bonds. The van der Waals surface area contributed by atoms with Gasteiger partial charge in [-0.25, -0.2) is 4.39 Å². The van der Waals surface area contributed by atoms with Gasteiger partial charge >= 0.3 is 0 Å². The fourth-order valence-corrected chi connectivity index (χ4v) is 5.03. The van der Waals surface area contributed by atoms with Crippen molar-refractivity contribution in [1.82, 2.24) is 4.90 Å². The minimum Gasteiger partial charge on any atom is -0.495 e. The van der Waals surface area contributed by atoms with Crippen molar-refractivity contribution in [3.63, 3.8) is 0 Å². The molecule has 2 aromatic carbocycles. The number of imide groups is 1. The number of thioether (sulfide) groups is 1. The second-order valence-electron chi connectivity index (χ2n) is 5.96. The van der Waals surface area contributed by atoms with E-state index in [4.69, 9.17) is 16.3 Å². The number of hydrogen-bond donors (Lipinski definition) is 1. The number of benzene rings is 2. The Labute approximate surface area is 197 Å². The zero-order valence-corrected chi connectivity index (χ0v) is 19.9. The highest BCUT2D eigenvalue weighted by Gasteiger charge is 2.36. The number of nitrogens with one attached hydrogen (secondary N) is 1. The predicted molar refractivity (Wildman–Crippen MR) is 121 cm³/mol. The second kappa shape index (κ2) is 9.51. The van der Waals surface area contributed by atoms with Crippen LogP contribution >= 0.6 is 55.2 Å². The van der Waals surface area contributed by atoms with Crippen molar-refractivity contribution in [3.05, 3.63) is 60.6 Å². The number of halogens is 4. The minimum atomic E-state index is -0.625. The molecule has 0 bridgehead atoms. The fraction of sp³-hybridized carbons (Fsp3) is 0.105. The van der Waals surface area contributed by atoms with Gasteiger partial charge in [-0.1, -0.05) is 27.5 Å². The Kier molecular flexibility index (Phi) is 7.22. The maximum absolute atomic E-state index is 13.2. The van der Waals surface area contributed by atoms with Crippen LogP contribution in [0.1, 0.15) is 5.56 Å². The van der Waals surface area contributed by atoms with Crippen molar-refractivity contribution in [3.8, 4) is 5.75 Å². The van der Waals surface area contributed by atoms with Gasteiger partial charge in [0.1, 0.15) is 18.1 Å². The molecule has 0 atom stereocenters. The maximum Gasteiger partial charge on any atom is 0.294 e. The number of methoxy groups -OCH3 is 1. The van der Waals surface area contributed by atoms with E-state index in [1.54, 1.807) is 12.1 Å². The summed E-state index contributed by atoms with van der Waals surface area (Å²) in [4.78, 5) is 38.2. The van der Waals surface area contributed by atoms with Crippen LogP contribution in [0.3, 0.4) is 0 Å². The van der Waals surface area contributed by atoms with E-state index in [2.05, 4.69) is 37.2 Å². The molecule has 0 radical (unpaired) electrons. The smallest absolute Gasteiger partial charge is 0.294 e. The molecule has 0 unspecified atom stereocenters. The predicted octanol–water partition coefficient (Wildman–Crippen LogP) is 5.69. The first-order valence-electron chi connectivity index (χ1n) is 8.23. The number of nitrogens with zero attached hydrogens (tertiary/aromatic N) is 1. The molecule has 0 aromatic heterocycles. The summed E-state index contributed by atoms with van der Waals surface area (Å²) >= 11 is 13.2. The molecule has 1 fully saturated rings. The quantitative estimate of drug-likeness (QED) is 0.462. The Morgan fingerprint density at radius 3 is 2.70 bits per heavy atom. The highest BCUT2D eigenvalue weighted by molar-refractivity contribution is 9.11. The molecule has 2 aromatic rings. The highest BCUT2D eigenvalue weighted by Crippen LogP contribution is 2.38. The molecular weight excluding hydrogens is 567 g/mol.